The summed E-state index contributed by atoms with van der Waals surface area (Å²) in [5.74, 6) is 0.234. The van der Waals surface area contributed by atoms with Gasteiger partial charge in [0.25, 0.3) is 0 Å². The van der Waals surface area contributed by atoms with Crippen LogP contribution in [0.3, 0.4) is 0 Å². The molecule has 0 nitrogen and oxygen atoms in total. The van der Waals surface area contributed by atoms with Gasteiger partial charge < -0.3 is 6.92 Å². The van der Waals surface area contributed by atoms with Crippen LogP contribution in [0, 0.1) is 6.92 Å². The van der Waals surface area contributed by atoms with Crippen LogP contribution in [-0.2, 0) is 21.1 Å². The maximum atomic E-state index is 4.18. The Hall–Kier alpha value is -0.872. The minimum absolute atomic E-state index is 0. The summed E-state index contributed by atoms with van der Waals surface area (Å²) in [6.07, 6.45) is 0. The molecule has 0 heterocycles. The van der Waals surface area contributed by atoms with Crippen LogP contribution in [0.5, 0.6) is 0 Å². The first kappa shape index (κ1) is 12.2. The molecule has 0 atom stereocenters. The first-order valence-corrected chi connectivity index (χ1v) is 4.81. The van der Waals surface area contributed by atoms with E-state index in [0.717, 1.165) is 0 Å². The van der Waals surface area contributed by atoms with E-state index in [1.807, 2.05) is 12.1 Å². The molecular weight excluding hydrogens is 352 g/mol. The molecule has 2 rings (SSSR count). The van der Waals surface area contributed by atoms with E-state index in [9.17, 15) is 0 Å². The largest absolute Gasteiger partial charge is 0.332 e. The van der Waals surface area contributed by atoms with E-state index < -0.39 is 0 Å². The number of benzene rings is 2. The van der Waals surface area contributed by atoms with Gasteiger partial charge >= 0.3 is 0 Å². The Morgan fingerprint density at radius 1 is 0.667 bits per heavy atom. The van der Waals surface area contributed by atoms with E-state index >= 15 is 0 Å². The Kier molecular flexibility index (Phi) is 4.78. The van der Waals surface area contributed by atoms with Gasteiger partial charge in [-0.15, -0.1) is 5.92 Å². The summed E-state index contributed by atoms with van der Waals surface area (Å²) in [6, 6.07) is 20.7. The van der Waals surface area contributed by atoms with E-state index in [1.165, 1.54) is 11.1 Å². The molecule has 0 bridgehead atoms. The monoisotopic (exact) mass is 365 g/mol. The van der Waals surface area contributed by atoms with Crippen molar-refractivity contribution in [1.82, 2.24) is 0 Å². The molecule has 1 heteroatoms. The molecular formula is C14H13W-. The second-order valence-electron chi connectivity index (χ2n) is 3.37. The van der Waals surface area contributed by atoms with Gasteiger partial charge in [0, 0.05) is 21.1 Å². The molecule has 76 valence electrons. The van der Waals surface area contributed by atoms with Crippen molar-refractivity contribution in [3.63, 3.8) is 0 Å². The van der Waals surface area contributed by atoms with Gasteiger partial charge in [0.05, 0.1) is 0 Å². The first-order chi connectivity index (χ1) is 6.88. The molecule has 0 amide bonds. The zero-order chi connectivity index (χ0) is 9.80. The van der Waals surface area contributed by atoms with Crippen molar-refractivity contribution in [1.29, 1.82) is 0 Å². The number of hydrogen-bond acceptors (Lipinski definition) is 0. The van der Waals surface area contributed by atoms with Crippen LogP contribution < -0.4 is 0 Å². The SMILES string of the molecule is [CH2-]C(c1ccccc1)c1ccccc1.[W]. The van der Waals surface area contributed by atoms with Crippen LogP contribution in [-0.4, -0.2) is 0 Å². The fourth-order valence-electron chi connectivity index (χ4n) is 1.56. The smallest absolute Gasteiger partial charge is 0 e. The van der Waals surface area contributed by atoms with Crippen molar-refractivity contribution in [2.45, 2.75) is 5.92 Å². The first-order valence-electron chi connectivity index (χ1n) is 4.81. The van der Waals surface area contributed by atoms with Gasteiger partial charge in [0.2, 0.25) is 0 Å². The number of rotatable bonds is 2. The number of hydrogen-bond donors (Lipinski definition) is 0. The van der Waals surface area contributed by atoms with Crippen molar-refractivity contribution in [3.05, 3.63) is 78.7 Å². The van der Waals surface area contributed by atoms with Gasteiger partial charge in [0.15, 0.2) is 0 Å². The van der Waals surface area contributed by atoms with Gasteiger partial charge in [-0.1, -0.05) is 71.8 Å². The Morgan fingerprint density at radius 2 is 1.00 bits per heavy atom. The molecule has 0 saturated carbocycles. The van der Waals surface area contributed by atoms with E-state index in [2.05, 4.69) is 55.5 Å². The summed E-state index contributed by atoms with van der Waals surface area (Å²) in [4.78, 5) is 0. The predicted octanol–water partition coefficient (Wildman–Crippen LogP) is 3.65. The topological polar surface area (TPSA) is 0 Å². The molecule has 0 radical (unpaired) electrons. The minimum Gasteiger partial charge on any atom is -0.332 e. The van der Waals surface area contributed by atoms with Gasteiger partial charge in [0.1, 0.15) is 0 Å². The summed E-state index contributed by atoms with van der Waals surface area (Å²) in [5, 5.41) is 0. The normalized spacial score (nSPS) is 9.73. The van der Waals surface area contributed by atoms with Crippen LogP contribution >= 0.6 is 0 Å². The Morgan fingerprint density at radius 3 is 1.33 bits per heavy atom. The van der Waals surface area contributed by atoms with Crippen LogP contribution in [0.1, 0.15) is 17.0 Å². The summed E-state index contributed by atoms with van der Waals surface area (Å²) in [7, 11) is 0. The van der Waals surface area contributed by atoms with Crippen LogP contribution in [0.15, 0.2) is 60.7 Å². The van der Waals surface area contributed by atoms with Gasteiger partial charge in [-0.2, -0.15) is 0 Å². The van der Waals surface area contributed by atoms with E-state index in [-0.39, 0.29) is 27.0 Å². The van der Waals surface area contributed by atoms with Gasteiger partial charge in [-0.3, -0.25) is 0 Å². The molecule has 0 aromatic heterocycles. The van der Waals surface area contributed by atoms with Crippen molar-refractivity contribution in [2.24, 2.45) is 0 Å². The molecule has 0 N–H and O–H groups in total. The predicted molar refractivity (Wildman–Crippen MR) is 60.1 cm³/mol. The molecule has 0 saturated heterocycles. The maximum absolute atomic E-state index is 4.18. The van der Waals surface area contributed by atoms with Crippen LogP contribution in [0.25, 0.3) is 0 Å². The van der Waals surface area contributed by atoms with Crippen molar-refractivity contribution in [3.8, 4) is 0 Å². The third-order valence-electron chi connectivity index (χ3n) is 2.40. The molecule has 2 aromatic carbocycles. The second kappa shape index (κ2) is 5.88. The minimum atomic E-state index is 0. The molecule has 15 heavy (non-hydrogen) atoms. The Bertz CT molecular complexity index is 341. The molecule has 0 aliphatic heterocycles. The molecule has 0 aliphatic carbocycles. The summed E-state index contributed by atoms with van der Waals surface area (Å²) >= 11 is 0. The quantitative estimate of drug-likeness (QED) is 0.713. The van der Waals surface area contributed by atoms with Gasteiger partial charge in [-0.25, -0.2) is 0 Å². The van der Waals surface area contributed by atoms with Gasteiger partial charge in [-0.05, 0) is 0 Å². The van der Waals surface area contributed by atoms with Crippen LogP contribution in [0.2, 0.25) is 0 Å². The van der Waals surface area contributed by atoms with Crippen molar-refractivity contribution in [2.75, 3.05) is 0 Å². The fraction of sp³-hybridized carbons (Fsp3) is 0.0714. The zero-order valence-electron chi connectivity index (χ0n) is 8.47. The summed E-state index contributed by atoms with van der Waals surface area (Å²) in [5.41, 5.74) is 2.53. The standard InChI is InChI=1S/C14H13.W/c1-12(13-8-4-2-5-9-13)14-10-6-3-7-11-14;/h2-12H,1H2;/q-1;. The Balaban J connectivity index is 0.00000112. The average molecular weight is 365 g/mol. The maximum Gasteiger partial charge on any atom is 0 e. The molecule has 0 unspecified atom stereocenters. The third-order valence-corrected chi connectivity index (χ3v) is 2.40. The molecule has 2 aromatic rings. The van der Waals surface area contributed by atoms with E-state index in [1.54, 1.807) is 0 Å². The average Bonchev–Trinajstić information content (AvgIpc) is 2.30. The molecule has 0 spiro atoms. The summed E-state index contributed by atoms with van der Waals surface area (Å²) < 4.78 is 0. The van der Waals surface area contributed by atoms with Crippen molar-refractivity contribution >= 4 is 0 Å². The Labute approximate surface area is 106 Å². The fourth-order valence-corrected chi connectivity index (χ4v) is 1.56. The zero-order valence-corrected chi connectivity index (χ0v) is 11.4. The molecule has 0 aliphatic rings. The molecule has 0 fully saturated rings. The van der Waals surface area contributed by atoms with Crippen molar-refractivity contribution < 1.29 is 21.1 Å². The van der Waals surface area contributed by atoms with E-state index in [0.29, 0.717) is 0 Å². The third kappa shape index (κ3) is 3.04. The summed E-state index contributed by atoms with van der Waals surface area (Å²) in [6.45, 7) is 4.18. The second-order valence-corrected chi connectivity index (χ2v) is 3.37. The van der Waals surface area contributed by atoms with Crippen LogP contribution in [0.4, 0.5) is 0 Å². The van der Waals surface area contributed by atoms with E-state index in [4.69, 9.17) is 0 Å².